The maximum Gasteiger partial charge on any atom is 0.151 e. The smallest absolute Gasteiger partial charge is 0.151 e. The summed E-state index contributed by atoms with van der Waals surface area (Å²) in [5.74, 6) is 1.60. The summed E-state index contributed by atoms with van der Waals surface area (Å²) in [6.45, 7) is 0. The Hall–Kier alpha value is -1.01. The van der Waals surface area contributed by atoms with Crippen molar-refractivity contribution in [3.63, 3.8) is 0 Å². The standard InChI is InChI=1S/C11H14ClN3/c1-15-9(6-7-13)10(12)14-11(15)8-4-2-3-5-8/h8H,2-6H2,1H3. The predicted octanol–water partition coefficient (Wildman–Crippen LogP) is 2.80. The zero-order valence-electron chi connectivity index (χ0n) is 8.83. The third kappa shape index (κ3) is 1.87. The number of nitrogens with zero attached hydrogens (tertiary/aromatic N) is 3. The van der Waals surface area contributed by atoms with Crippen LogP contribution < -0.4 is 0 Å². The molecule has 1 aromatic rings. The molecule has 0 unspecified atom stereocenters. The van der Waals surface area contributed by atoms with Crippen LogP contribution in [0.1, 0.15) is 43.1 Å². The van der Waals surface area contributed by atoms with Crippen LogP contribution in [0.4, 0.5) is 0 Å². The van der Waals surface area contributed by atoms with Crippen molar-refractivity contribution < 1.29 is 0 Å². The molecule has 0 N–H and O–H groups in total. The van der Waals surface area contributed by atoms with Crippen molar-refractivity contribution in [2.45, 2.75) is 38.0 Å². The highest BCUT2D eigenvalue weighted by atomic mass is 35.5. The fourth-order valence-corrected chi connectivity index (χ4v) is 2.61. The van der Waals surface area contributed by atoms with Gasteiger partial charge in [-0.1, -0.05) is 24.4 Å². The van der Waals surface area contributed by atoms with Gasteiger partial charge in [0.2, 0.25) is 0 Å². The number of hydrogen-bond acceptors (Lipinski definition) is 2. The van der Waals surface area contributed by atoms with E-state index in [2.05, 4.69) is 11.1 Å². The monoisotopic (exact) mass is 223 g/mol. The quantitative estimate of drug-likeness (QED) is 0.774. The second kappa shape index (κ2) is 4.24. The number of nitriles is 1. The number of rotatable bonds is 2. The minimum atomic E-state index is 0.342. The maximum atomic E-state index is 8.69. The molecule has 1 saturated carbocycles. The summed E-state index contributed by atoms with van der Waals surface area (Å²) in [4.78, 5) is 4.39. The Morgan fingerprint density at radius 1 is 1.53 bits per heavy atom. The van der Waals surface area contributed by atoms with E-state index in [1.807, 2.05) is 11.6 Å². The van der Waals surface area contributed by atoms with Crippen LogP contribution in [0.5, 0.6) is 0 Å². The first-order valence-electron chi connectivity index (χ1n) is 5.32. The van der Waals surface area contributed by atoms with Gasteiger partial charge in [0.05, 0.1) is 18.2 Å². The topological polar surface area (TPSA) is 41.6 Å². The van der Waals surface area contributed by atoms with E-state index in [4.69, 9.17) is 16.9 Å². The van der Waals surface area contributed by atoms with Crippen molar-refractivity contribution in [1.82, 2.24) is 9.55 Å². The van der Waals surface area contributed by atoms with E-state index in [0.717, 1.165) is 11.5 Å². The molecule has 1 aliphatic carbocycles. The molecule has 1 aromatic heterocycles. The van der Waals surface area contributed by atoms with E-state index >= 15 is 0 Å². The molecule has 80 valence electrons. The fraction of sp³-hybridized carbons (Fsp3) is 0.636. The molecule has 2 rings (SSSR count). The lowest BCUT2D eigenvalue weighted by molar-refractivity contribution is 0.625. The van der Waals surface area contributed by atoms with Gasteiger partial charge in [-0.3, -0.25) is 0 Å². The Morgan fingerprint density at radius 3 is 2.80 bits per heavy atom. The highest BCUT2D eigenvalue weighted by Crippen LogP contribution is 2.34. The molecule has 0 aliphatic heterocycles. The Bertz CT molecular complexity index is 397. The van der Waals surface area contributed by atoms with E-state index in [1.165, 1.54) is 25.7 Å². The molecule has 0 saturated heterocycles. The normalized spacial score (nSPS) is 16.9. The molecule has 1 aliphatic rings. The Morgan fingerprint density at radius 2 is 2.20 bits per heavy atom. The lowest BCUT2D eigenvalue weighted by Gasteiger charge is -2.09. The summed E-state index contributed by atoms with van der Waals surface area (Å²) in [6.07, 6.45) is 5.31. The molecule has 0 aromatic carbocycles. The maximum absolute atomic E-state index is 8.69. The third-order valence-electron chi connectivity index (χ3n) is 3.17. The van der Waals surface area contributed by atoms with Crippen LogP contribution in [0.15, 0.2) is 0 Å². The molecule has 1 heterocycles. The number of halogens is 1. The van der Waals surface area contributed by atoms with Crippen molar-refractivity contribution in [2.24, 2.45) is 7.05 Å². The summed E-state index contributed by atoms with van der Waals surface area (Å²) < 4.78 is 2.00. The molecule has 0 bridgehead atoms. The van der Waals surface area contributed by atoms with Gasteiger partial charge in [-0.05, 0) is 12.8 Å². The van der Waals surface area contributed by atoms with Crippen LogP contribution in [-0.4, -0.2) is 9.55 Å². The Labute approximate surface area is 94.7 Å². The van der Waals surface area contributed by atoms with Gasteiger partial charge in [-0.2, -0.15) is 5.26 Å². The molecule has 15 heavy (non-hydrogen) atoms. The second-order valence-electron chi connectivity index (χ2n) is 4.08. The van der Waals surface area contributed by atoms with Gasteiger partial charge in [0, 0.05) is 13.0 Å². The Balaban J connectivity index is 2.33. The second-order valence-corrected chi connectivity index (χ2v) is 4.44. The molecular formula is C11H14ClN3. The van der Waals surface area contributed by atoms with Crippen molar-refractivity contribution in [3.8, 4) is 6.07 Å². The fourth-order valence-electron chi connectivity index (χ4n) is 2.33. The number of hydrogen-bond donors (Lipinski definition) is 0. The minimum absolute atomic E-state index is 0.342. The van der Waals surface area contributed by atoms with E-state index in [9.17, 15) is 0 Å². The zero-order valence-corrected chi connectivity index (χ0v) is 9.59. The molecule has 1 fully saturated rings. The first-order valence-corrected chi connectivity index (χ1v) is 5.69. The molecule has 3 nitrogen and oxygen atoms in total. The van der Waals surface area contributed by atoms with Crippen molar-refractivity contribution in [2.75, 3.05) is 0 Å². The van der Waals surface area contributed by atoms with Gasteiger partial charge in [0.1, 0.15) is 5.82 Å². The average Bonchev–Trinajstić information content (AvgIpc) is 2.81. The minimum Gasteiger partial charge on any atom is -0.333 e. The third-order valence-corrected chi connectivity index (χ3v) is 3.47. The van der Waals surface area contributed by atoms with Crippen molar-refractivity contribution >= 4 is 11.6 Å². The number of imidazole rings is 1. The molecule has 0 amide bonds. The molecule has 0 radical (unpaired) electrons. The van der Waals surface area contributed by atoms with Crippen LogP contribution in [0.2, 0.25) is 5.15 Å². The van der Waals surface area contributed by atoms with Gasteiger partial charge in [-0.25, -0.2) is 4.98 Å². The van der Waals surface area contributed by atoms with Gasteiger partial charge < -0.3 is 4.57 Å². The lowest BCUT2D eigenvalue weighted by Crippen LogP contribution is -2.05. The van der Waals surface area contributed by atoms with E-state index < -0.39 is 0 Å². The highest BCUT2D eigenvalue weighted by Gasteiger charge is 2.23. The van der Waals surface area contributed by atoms with Gasteiger partial charge in [0.25, 0.3) is 0 Å². The molecule has 4 heteroatoms. The summed E-state index contributed by atoms with van der Waals surface area (Å²) >= 11 is 6.02. The number of aromatic nitrogens is 2. The SMILES string of the molecule is Cn1c(C2CCCC2)nc(Cl)c1CC#N. The van der Waals surface area contributed by atoms with Crippen LogP contribution in [0, 0.1) is 11.3 Å². The van der Waals surface area contributed by atoms with E-state index in [1.54, 1.807) is 0 Å². The first kappa shape index (κ1) is 10.5. The van der Waals surface area contributed by atoms with Crippen molar-refractivity contribution in [3.05, 3.63) is 16.7 Å². The van der Waals surface area contributed by atoms with Crippen LogP contribution in [0.3, 0.4) is 0 Å². The predicted molar refractivity (Wildman–Crippen MR) is 58.7 cm³/mol. The summed E-state index contributed by atoms with van der Waals surface area (Å²) in [6, 6.07) is 2.12. The molecule has 0 atom stereocenters. The average molecular weight is 224 g/mol. The lowest BCUT2D eigenvalue weighted by atomic mass is 10.1. The van der Waals surface area contributed by atoms with E-state index in [0.29, 0.717) is 17.5 Å². The summed E-state index contributed by atoms with van der Waals surface area (Å²) in [5.41, 5.74) is 0.848. The van der Waals surface area contributed by atoms with Crippen LogP contribution in [0.25, 0.3) is 0 Å². The van der Waals surface area contributed by atoms with E-state index in [-0.39, 0.29) is 0 Å². The zero-order chi connectivity index (χ0) is 10.8. The molecule has 0 spiro atoms. The summed E-state index contributed by atoms with van der Waals surface area (Å²) in [7, 11) is 1.96. The Kier molecular flexibility index (Phi) is 2.97. The van der Waals surface area contributed by atoms with Crippen LogP contribution >= 0.6 is 11.6 Å². The highest BCUT2D eigenvalue weighted by molar-refractivity contribution is 6.30. The van der Waals surface area contributed by atoms with Gasteiger partial charge in [0.15, 0.2) is 5.15 Å². The van der Waals surface area contributed by atoms with Crippen LogP contribution in [-0.2, 0) is 13.5 Å². The summed E-state index contributed by atoms with van der Waals surface area (Å²) in [5, 5.41) is 9.19. The largest absolute Gasteiger partial charge is 0.333 e. The molecular weight excluding hydrogens is 210 g/mol. The van der Waals surface area contributed by atoms with Gasteiger partial charge >= 0.3 is 0 Å². The van der Waals surface area contributed by atoms with Crippen molar-refractivity contribution in [1.29, 1.82) is 5.26 Å². The van der Waals surface area contributed by atoms with Gasteiger partial charge in [-0.15, -0.1) is 0 Å². The first-order chi connectivity index (χ1) is 7.24.